The molecule has 0 heterocycles. The molecule has 0 saturated carbocycles. The largest absolute Gasteiger partial charge is 0.493 e. The second-order valence-electron chi connectivity index (χ2n) is 6.03. The number of ketones is 1. The summed E-state index contributed by atoms with van der Waals surface area (Å²) in [7, 11) is 0. The van der Waals surface area contributed by atoms with Gasteiger partial charge in [0.25, 0.3) is 0 Å². The van der Waals surface area contributed by atoms with Crippen molar-refractivity contribution in [3.05, 3.63) is 23.5 Å². The molecule has 0 unspecified atom stereocenters. The number of rotatable bonds is 9. The Morgan fingerprint density at radius 3 is 2.75 bits per heavy atom. The summed E-state index contributed by atoms with van der Waals surface area (Å²) in [5.74, 6) is 1.46. The van der Waals surface area contributed by atoms with E-state index in [1.165, 1.54) is 5.57 Å². The molecule has 0 spiro atoms. The normalized spacial score (nSPS) is 15.3. The highest BCUT2D eigenvalue weighted by atomic mass is 16.5. The molecule has 1 rings (SSSR count). The third kappa shape index (κ3) is 6.90. The second-order valence-corrected chi connectivity index (χ2v) is 6.03. The molecule has 0 radical (unpaired) electrons. The number of nitrogens with one attached hydrogen (secondary N) is 1. The highest BCUT2D eigenvalue weighted by Gasteiger charge is 2.11. The summed E-state index contributed by atoms with van der Waals surface area (Å²) < 4.78 is 5.76. The van der Waals surface area contributed by atoms with Gasteiger partial charge in [-0.25, -0.2) is 0 Å². The van der Waals surface area contributed by atoms with Crippen molar-refractivity contribution in [2.75, 3.05) is 13.2 Å². The Labute approximate surface area is 123 Å². The van der Waals surface area contributed by atoms with Gasteiger partial charge in [0.15, 0.2) is 0 Å². The molecule has 1 aliphatic rings. The number of carbonyl (C=O) groups excluding carboxylic acids is 1. The van der Waals surface area contributed by atoms with Gasteiger partial charge in [-0.2, -0.15) is 0 Å². The Morgan fingerprint density at radius 2 is 2.10 bits per heavy atom. The van der Waals surface area contributed by atoms with Gasteiger partial charge in [-0.3, -0.25) is 4.79 Å². The van der Waals surface area contributed by atoms with E-state index < -0.39 is 0 Å². The SMILES string of the molecule is CC(C)NCCOC1=CCCC(CCC(=O)C(C)C)=C1. The topological polar surface area (TPSA) is 38.3 Å². The first kappa shape index (κ1) is 17.0. The van der Waals surface area contributed by atoms with Crippen molar-refractivity contribution >= 4 is 5.78 Å². The fraction of sp³-hybridized carbons (Fsp3) is 0.706. The standard InChI is InChI=1S/C17H29NO2/c1-13(2)17(19)9-8-15-6-5-7-16(12-15)20-11-10-18-14(3)4/h7,12-14,18H,5-6,8-11H2,1-4H3. The van der Waals surface area contributed by atoms with Gasteiger partial charge in [-0.05, 0) is 31.4 Å². The maximum atomic E-state index is 11.7. The summed E-state index contributed by atoms with van der Waals surface area (Å²) in [6.07, 6.45) is 7.88. The average molecular weight is 279 g/mol. The highest BCUT2D eigenvalue weighted by Crippen LogP contribution is 2.22. The minimum atomic E-state index is 0.146. The molecular weight excluding hydrogens is 250 g/mol. The van der Waals surface area contributed by atoms with Gasteiger partial charge in [-0.15, -0.1) is 0 Å². The van der Waals surface area contributed by atoms with Crippen LogP contribution in [-0.4, -0.2) is 25.0 Å². The van der Waals surface area contributed by atoms with Gasteiger partial charge in [-0.1, -0.05) is 33.3 Å². The zero-order valence-electron chi connectivity index (χ0n) is 13.4. The highest BCUT2D eigenvalue weighted by molar-refractivity contribution is 5.80. The number of carbonyl (C=O) groups is 1. The van der Waals surface area contributed by atoms with Crippen LogP contribution in [-0.2, 0) is 9.53 Å². The Hall–Kier alpha value is -1.09. The van der Waals surface area contributed by atoms with Crippen LogP contribution in [0, 0.1) is 5.92 Å². The van der Waals surface area contributed by atoms with E-state index in [9.17, 15) is 4.79 Å². The molecule has 0 atom stereocenters. The molecule has 3 nitrogen and oxygen atoms in total. The summed E-state index contributed by atoms with van der Waals surface area (Å²) in [4.78, 5) is 11.7. The van der Waals surface area contributed by atoms with Gasteiger partial charge >= 0.3 is 0 Å². The monoisotopic (exact) mass is 279 g/mol. The first-order valence-corrected chi connectivity index (χ1v) is 7.77. The third-order valence-electron chi connectivity index (χ3n) is 3.42. The molecular formula is C17H29NO2. The molecule has 0 aromatic carbocycles. The number of hydrogen-bond donors (Lipinski definition) is 1. The molecule has 114 valence electrons. The summed E-state index contributed by atoms with van der Waals surface area (Å²) >= 11 is 0. The van der Waals surface area contributed by atoms with Crippen molar-refractivity contribution in [3.63, 3.8) is 0 Å². The first-order valence-electron chi connectivity index (χ1n) is 7.77. The van der Waals surface area contributed by atoms with Crippen molar-refractivity contribution in [1.29, 1.82) is 0 Å². The van der Waals surface area contributed by atoms with Crippen LogP contribution in [0.5, 0.6) is 0 Å². The lowest BCUT2D eigenvalue weighted by molar-refractivity contribution is -0.121. The Kier molecular flexibility index (Phi) is 7.60. The fourth-order valence-corrected chi connectivity index (χ4v) is 2.12. The van der Waals surface area contributed by atoms with Crippen LogP contribution in [0.3, 0.4) is 0 Å². The molecule has 0 bridgehead atoms. The van der Waals surface area contributed by atoms with Crippen LogP contribution >= 0.6 is 0 Å². The zero-order chi connectivity index (χ0) is 15.0. The molecule has 0 saturated heterocycles. The quantitative estimate of drug-likeness (QED) is 0.655. The number of hydrogen-bond acceptors (Lipinski definition) is 3. The van der Waals surface area contributed by atoms with Crippen molar-refractivity contribution in [2.24, 2.45) is 5.92 Å². The molecule has 20 heavy (non-hydrogen) atoms. The zero-order valence-corrected chi connectivity index (χ0v) is 13.4. The number of ether oxygens (including phenoxy) is 1. The summed E-state index contributed by atoms with van der Waals surface area (Å²) in [5, 5.41) is 3.33. The Balaban J connectivity index is 2.31. The lowest BCUT2D eigenvalue weighted by Gasteiger charge is -2.16. The van der Waals surface area contributed by atoms with Crippen molar-refractivity contribution in [2.45, 2.75) is 59.4 Å². The van der Waals surface area contributed by atoms with E-state index in [2.05, 4.69) is 31.3 Å². The van der Waals surface area contributed by atoms with Crippen molar-refractivity contribution in [3.8, 4) is 0 Å². The number of allylic oxidation sites excluding steroid dienone is 3. The minimum Gasteiger partial charge on any atom is -0.493 e. The second kappa shape index (κ2) is 8.96. The van der Waals surface area contributed by atoms with Crippen LogP contribution in [0.1, 0.15) is 53.4 Å². The average Bonchev–Trinajstić information content (AvgIpc) is 2.41. The van der Waals surface area contributed by atoms with Crippen LogP contribution in [0.4, 0.5) is 0 Å². The summed E-state index contributed by atoms with van der Waals surface area (Å²) in [6, 6.07) is 0.493. The van der Waals surface area contributed by atoms with Crippen LogP contribution in [0.25, 0.3) is 0 Å². The summed E-state index contributed by atoms with van der Waals surface area (Å²) in [6.45, 7) is 9.75. The lowest BCUT2D eigenvalue weighted by atomic mass is 9.96. The predicted molar refractivity (Wildman–Crippen MR) is 83.6 cm³/mol. The van der Waals surface area contributed by atoms with E-state index in [1.54, 1.807) is 0 Å². The van der Waals surface area contributed by atoms with Crippen LogP contribution in [0.15, 0.2) is 23.5 Å². The van der Waals surface area contributed by atoms with Crippen LogP contribution < -0.4 is 5.32 Å². The van der Waals surface area contributed by atoms with E-state index in [0.29, 0.717) is 24.9 Å². The van der Waals surface area contributed by atoms with Crippen LogP contribution in [0.2, 0.25) is 0 Å². The van der Waals surface area contributed by atoms with Gasteiger partial charge < -0.3 is 10.1 Å². The van der Waals surface area contributed by atoms with Gasteiger partial charge in [0, 0.05) is 24.9 Å². The lowest BCUT2D eigenvalue weighted by Crippen LogP contribution is -2.26. The maximum Gasteiger partial charge on any atom is 0.135 e. The molecule has 1 aliphatic carbocycles. The number of Topliss-reactive ketones (excluding diaryl/α,β-unsaturated/α-hetero) is 1. The Morgan fingerprint density at radius 1 is 1.35 bits per heavy atom. The minimum absolute atomic E-state index is 0.146. The molecule has 1 N–H and O–H groups in total. The molecule has 0 aromatic rings. The van der Waals surface area contributed by atoms with Gasteiger partial charge in [0.2, 0.25) is 0 Å². The van der Waals surface area contributed by atoms with E-state index >= 15 is 0 Å². The molecule has 0 fully saturated rings. The van der Waals surface area contributed by atoms with Gasteiger partial charge in [0.05, 0.1) is 0 Å². The smallest absolute Gasteiger partial charge is 0.135 e. The van der Waals surface area contributed by atoms with E-state index in [1.807, 2.05) is 13.8 Å². The maximum absolute atomic E-state index is 11.7. The molecule has 0 aliphatic heterocycles. The van der Waals surface area contributed by atoms with E-state index in [0.717, 1.165) is 31.6 Å². The van der Waals surface area contributed by atoms with Gasteiger partial charge in [0.1, 0.15) is 18.1 Å². The third-order valence-corrected chi connectivity index (χ3v) is 3.42. The fourth-order valence-electron chi connectivity index (χ4n) is 2.12. The van der Waals surface area contributed by atoms with Crippen molar-refractivity contribution in [1.82, 2.24) is 5.32 Å². The molecule has 0 aromatic heterocycles. The summed E-state index contributed by atoms with van der Waals surface area (Å²) in [5.41, 5.74) is 1.34. The first-order chi connectivity index (χ1) is 9.49. The molecule has 0 amide bonds. The Bertz CT molecular complexity index is 367. The molecule has 3 heteroatoms. The van der Waals surface area contributed by atoms with E-state index in [-0.39, 0.29) is 5.92 Å². The van der Waals surface area contributed by atoms with E-state index in [4.69, 9.17) is 4.74 Å². The van der Waals surface area contributed by atoms with Crippen molar-refractivity contribution < 1.29 is 9.53 Å². The predicted octanol–water partition coefficient (Wildman–Crippen LogP) is 3.61.